The molecular weight excluding hydrogens is 289 g/mol. The number of esters is 1. The van der Waals surface area contributed by atoms with E-state index in [1.165, 1.54) is 0 Å². The average Bonchev–Trinajstić information content (AvgIpc) is 2.78. The van der Waals surface area contributed by atoms with Crippen molar-refractivity contribution in [1.29, 1.82) is 0 Å². The molecule has 19 heavy (non-hydrogen) atoms. The van der Waals surface area contributed by atoms with Gasteiger partial charge in [0.05, 0.1) is 7.11 Å². The minimum absolute atomic E-state index is 0.0208. The lowest BCUT2D eigenvalue weighted by atomic mass is 10.0. The Labute approximate surface area is 109 Å². The van der Waals surface area contributed by atoms with Gasteiger partial charge >= 0.3 is 21.6 Å². The fourth-order valence-corrected chi connectivity index (χ4v) is 2.63. The van der Waals surface area contributed by atoms with Crippen molar-refractivity contribution in [3.05, 3.63) is 0 Å². The number of carbonyl (C=O) groups is 1. The lowest BCUT2D eigenvalue weighted by Gasteiger charge is -2.19. The van der Waals surface area contributed by atoms with E-state index < -0.39 is 27.7 Å². The maximum absolute atomic E-state index is 12.2. The molecule has 0 heterocycles. The van der Waals surface area contributed by atoms with Crippen LogP contribution in [0.3, 0.4) is 0 Å². The van der Waals surface area contributed by atoms with E-state index in [2.05, 4.69) is 8.92 Å². The summed E-state index contributed by atoms with van der Waals surface area (Å²) in [5, 5.41) is 0. The standard InChI is InChI=1S/C10H15F3O5S/c1-17-9(14)8(6-7-4-2-3-5-7)18-19(15,16)10(11,12)13/h7-8H,2-6H2,1H3/t8-/m1/s1. The van der Waals surface area contributed by atoms with Crippen LogP contribution in [0.2, 0.25) is 0 Å². The van der Waals surface area contributed by atoms with Crippen molar-refractivity contribution in [2.24, 2.45) is 5.92 Å². The van der Waals surface area contributed by atoms with Gasteiger partial charge in [0, 0.05) is 0 Å². The molecule has 0 saturated heterocycles. The number of halogens is 3. The highest BCUT2D eigenvalue weighted by Crippen LogP contribution is 2.32. The highest BCUT2D eigenvalue weighted by atomic mass is 32.2. The van der Waals surface area contributed by atoms with E-state index >= 15 is 0 Å². The first-order valence-corrected chi connectivity index (χ1v) is 7.15. The molecule has 9 heteroatoms. The quantitative estimate of drug-likeness (QED) is 0.441. The van der Waals surface area contributed by atoms with Crippen LogP contribution < -0.4 is 0 Å². The molecule has 1 fully saturated rings. The van der Waals surface area contributed by atoms with E-state index in [4.69, 9.17) is 0 Å². The summed E-state index contributed by atoms with van der Waals surface area (Å²) in [4.78, 5) is 11.3. The lowest BCUT2D eigenvalue weighted by molar-refractivity contribution is -0.150. The van der Waals surface area contributed by atoms with Crippen molar-refractivity contribution in [3.63, 3.8) is 0 Å². The Bertz CT molecular complexity index is 411. The molecule has 1 rings (SSSR count). The maximum Gasteiger partial charge on any atom is 0.523 e. The van der Waals surface area contributed by atoms with Gasteiger partial charge in [-0.3, -0.25) is 0 Å². The molecule has 0 aliphatic heterocycles. The van der Waals surface area contributed by atoms with Gasteiger partial charge in [0.1, 0.15) is 0 Å². The van der Waals surface area contributed by atoms with Gasteiger partial charge in [0.2, 0.25) is 0 Å². The van der Waals surface area contributed by atoms with Crippen LogP contribution in [0.4, 0.5) is 13.2 Å². The van der Waals surface area contributed by atoms with E-state index in [1.54, 1.807) is 0 Å². The minimum Gasteiger partial charge on any atom is -0.467 e. The summed E-state index contributed by atoms with van der Waals surface area (Å²) in [5.41, 5.74) is -5.55. The SMILES string of the molecule is COC(=O)[C@@H](CC1CCCC1)OS(=O)(=O)C(F)(F)F. The first-order chi connectivity index (χ1) is 8.67. The molecule has 112 valence electrons. The van der Waals surface area contributed by atoms with Gasteiger partial charge in [-0.1, -0.05) is 25.7 Å². The maximum atomic E-state index is 12.2. The highest BCUT2D eigenvalue weighted by molar-refractivity contribution is 7.87. The molecule has 0 aromatic rings. The normalized spacial score (nSPS) is 19.4. The van der Waals surface area contributed by atoms with Crippen LogP contribution in [0.1, 0.15) is 32.1 Å². The topological polar surface area (TPSA) is 69.7 Å². The van der Waals surface area contributed by atoms with Crippen LogP contribution in [-0.2, 0) is 23.8 Å². The fourth-order valence-electron chi connectivity index (χ4n) is 2.06. The van der Waals surface area contributed by atoms with Gasteiger partial charge in [-0.2, -0.15) is 21.6 Å². The van der Waals surface area contributed by atoms with E-state index in [0.29, 0.717) is 0 Å². The third kappa shape index (κ3) is 4.34. The third-order valence-corrected chi connectivity index (χ3v) is 4.07. The van der Waals surface area contributed by atoms with Crippen LogP contribution in [0.25, 0.3) is 0 Å². The largest absolute Gasteiger partial charge is 0.523 e. The van der Waals surface area contributed by atoms with Crippen molar-refractivity contribution in [2.45, 2.75) is 43.7 Å². The summed E-state index contributed by atoms with van der Waals surface area (Å²) in [6, 6.07) is 0. The van der Waals surface area contributed by atoms with Crippen molar-refractivity contribution >= 4 is 16.1 Å². The van der Waals surface area contributed by atoms with Crippen LogP contribution in [0.15, 0.2) is 0 Å². The van der Waals surface area contributed by atoms with Crippen LogP contribution in [0, 0.1) is 5.92 Å². The Kier molecular flexibility index (Phi) is 5.19. The Balaban J connectivity index is 2.77. The monoisotopic (exact) mass is 304 g/mol. The molecule has 0 aromatic heterocycles. The molecule has 0 amide bonds. The van der Waals surface area contributed by atoms with Gasteiger partial charge in [-0.15, -0.1) is 0 Å². The van der Waals surface area contributed by atoms with Gasteiger partial charge in [0.15, 0.2) is 6.10 Å². The Morgan fingerprint density at radius 1 is 1.32 bits per heavy atom. The molecule has 0 N–H and O–H groups in total. The molecule has 1 atom stereocenters. The molecule has 0 spiro atoms. The number of hydrogen-bond acceptors (Lipinski definition) is 5. The van der Waals surface area contributed by atoms with Gasteiger partial charge in [0.25, 0.3) is 0 Å². The first kappa shape index (κ1) is 16.2. The van der Waals surface area contributed by atoms with Crippen molar-refractivity contribution in [2.75, 3.05) is 7.11 Å². The molecule has 1 aliphatic rings. The number of alkyl halides is 3. The molecule has 0 aromatic carbocycles. The third-order valence-electron chi connectivity index (χ3n) is 3.01. The average molecular weight is 304 g/mol. The Morgan fingerprint density at radius 3 is 2.26 bits per heavy atom. The van der Waals surface area contributed by atoms with Crippen LogP contribution >= 0.6 is 0 Å². The molecule has 1 saturated carbocycles. The molecule has 0 bridgehead atoms. The summed E-state index contributed by atoms with van der Waals surface area (Å²) in [6.45, 7) is 0. The van der Waals surface area contributed by atoms with Crippen molar-refractivity contribution < 1.29 is 35.3 Å². The van der Waals surface area contributed by atoms with Crippen LogP contribution in [-0.4, -0.2) is 33.1 Å². The van der Waals surface area contributed by atoms with Crippen LogP contribution in [0.5, 0.6) is 0 Å². The number of rotatable bonds is 5. The highest BCUT2D eigenvalue weighted by Gasteiger charge is 2.50. The zero-order valence-electron chi connectivity index (χ0n) is 10.3. The Morgan fingerprint density at radius 2 is 1.84 bits per heavy atom. The van der Waals surface area contributed by atoms with E-state index in [9.17, 15) is 26.4 Å². The second-order valence-electron chi connectivity index (χ2n) is 4.39. The van der Waals surface area contributed by atoms with Gasteiger partial charge in [-0.05, 0) is 12.3 Å². The minimum atomic E-state index is -5.79. The summed E-state index contributed by atoms with van der Waals surface area (Å²) >= 11 is 0. The zero-order valence-corrected chi connectivity index (χ0v) is 11.1. The van der Waals surface area contributed by atoms with Gasteiger partial charge in [-0.25, -0.2) is 8.98 Å². The zero-order chi connectivity index (χ0) is 14.7. The number of carbonyl (C=O) groups excluding carboxylic acids is 1. The predicted octanol–water partition coefficient (Wildman–Crippen LogP) is 1.97. The Hall–Kier alpha value is -0.830. The fraction of sp³-hybridized carbons (Fsp3) is 0.900. The number of methoxy groups -OCH3 is 1. The van der Waals surface area contributed by atoms with Crippen molar-refractivity contribution in [3.8, 4) is 0 Å². The smallest absolute Gasteiger partial charge is 0.467 e. The number of ether oxygens (including phenoxy) is 1. The summed E-state index contributed by atoms with van der Waals surface area (Å²) in [7, 11) is -4.83. The first-order valence-electron chi connectivity index (χ1n) is 5.74. The van der Waals surface area contributed by atoms with E-state index in [-0.39, 0.29) is 12.3 Å². The molecule has 1 aliphatic carbocycles. The summed E-state index contributed by atoms with van der Waals surface area (Å²) in [5.74, 6) is -1.13. The summed E-state index contributed by atoms with van der Waals surface area (Å²) in [6.07, 6.45) is 1.47. The summed E-state index contributed by atoms with van der Waals surface area (Å²) < 4.78 is 66.7. The molecule has 0 unspecified atom stereocenters. The van der Waals surface area contributed by atoms with E-state index in [0.717, 1.165) is 32.8 Å². The number of hydrogen-bond donors (Lipinski definition) is 0. The predicted molar refractivity (Wildman–Crippen MR) is 58.4 cm³/mol. The second-order valence-corrected chi connectivity index (χ2v) is 5.96. The lowest BCUT2D eigenvalue weighted by Crippen LogP contribution is -2.35. The second kappa shape index (κ2) is 6.08. The van der Waals surface area contributed by atoms with E-state index in [1.807, 2.05) is 0 Å². The van der Waals surface area contributed by atoms with Crippen molar-refractivity contribution in [1.82, 2.24) is 0 Å². The molecule has 5 nitrogen and oxygen atoms in total. The molecular formula is C10H15F3O5S. The van der Waals surface area contributed by atoms with Gasteiger partial charge < -0.3 is 4.74 Å². The molecule has 0 radical (unpaired) electrons.